The SMILES string of the molecule is C=C1NC(C)[C@H](N=C(N)CCC)[C@@]2(C)C(O)[C@H](NC(=O)c3cccc4c3CCCC4(C)C)CN12. The quantitative estimate of drug-likeness (QED) is 0.394. The Morgan fingerprint density at radius 3 is 2.82 bits per heavy atom. The number of fused-ring (bicyclic) bond motifs is 2. The second kappa shape index (κ2) is 8.91. The zero-order chi connectivity index (χ0) is 24.8. The van der Waals surface area contributed by atoms with E-state index in [4.69, 9.17) is 10.7 Å². The number of rotatable bonds is 5. The minimum absolute atomic E-state index is 0.0448. The van der Waals surface area contributed by atoms with Crippen LogP contribution >= 0.6 is 0 Å². The van der Waals surface area contributed by atoms with Crippen molar-refractivity contribution in [2.75, 3.05) is 6.54 Å². The lowest BCUT2D eigenvalue weighted by atomic mass is 9.71. The number of aliphatic imine (C=N–C) groups is 1. The van der Waals surface area contributed by atoms with Gasteiger partial charge in [-0.1, -0.05) is 39.5 Å². The third kappa shape index (κ3) is 3.98. The maximum absolute atomic E-state index is 13.5. The van der Waals surface area contributed by atoms with Crippen LogP contribution in [-0.2, 0) is 11.8 Å². The van der Waals surface area contributed by atoms with Gasteiger partial charge in [0, 0.05) is 24.6 Å². The van der Waals surface area contributed by atoms with Crippen LogP contribution in [0.25, 0.3) is 0 Å². The highest BCUT2D eigenvalue weighted by Crippen LogP contribution is 2.41. The first-order valence-electron chi connectivity index (χ1n) is 12.7. The molecule has 2 saturated heterocycles. The van der Waals surface area contributed by atoms with E-state index in [1.807, 2.05) is 26.0 Å². The number of amides is 1. The molecule has 2 aliphatic heterocycles. The second-order valence-electron chi connectivity index (χ2n) is 11.1. The zero-order valence-electron chi connectivity index (χ0n) is 21.3. The van der Waals surface area contributed by atoms with Crippen LogP contribution in [-0.4, -0.2) is 58.1 Å². The van der Waals surface area contributed by atoms with E-state index < -0.39 is 17.7 Å². The van der Waals surface area contributed by atoms with Gasteiger partial charge in [-0.15, -0.1) is 0 Å². The van der Waals surface area contributed by atoms with Crippen molar-refractivity contribution in [1.82, 2.24) is 15.5 Å². The average molecular weight is 468 g/mol. The van der Waals surface area contributed by atoms with Crippen LogP contribution in [0.5, 0.6) is 0 Å². The van der Waals surface area contributed by atoms with Gasteiger partial charge in [-0.25, -0.2) is 0 Å². The predicted molar refractivity (Wildman–Crippen MR) is 137 cm³/mol. The number of nitrogens with zero attached hydrogens (tertiary/aromatic N) is 2. The molecule has 0 spiro atoms. The summed E-state index contributed by atoms with van der Waals surface area (Å²) in [6, 6.07) is 5.28. The summed E-state index contributed by atoms with van der Waals surface area (Å²) in [5.41, 5.74) is 8.67. The molecule has 2 fully saturated rings. The average Bonchev–Trinajstić information content (AvgIpc) is 3.02. The smallest absolute Gasteiger partial charge is 0.251 e. The molecule has 5 atom stereocenters. The van der Waals surface area contributed by atoms with Gasteiger partial charge in [-0.05, 0) is 62.1 Å². The highest BCUT2D eigenvalue weighted by molar-refractivity contribution is 5.96. The Kier molecular flexibility index (Phi) is 6.44. The van der Waals surface area contributed by atoms with Gasteiger partial charge in [-0.3, -0.25) is 9.79 Å². The first kappa shape index (κ1) is 24.6. The van der Waals surface area contributed by atoms with Gasteiger partial charge in [0.2, 0.25) is 0 Å². The van der Waals surface area contributed by atoms with E-state index in [2.05, 4.69) is 49.0 Å². The predicted octanol–water partition coefficient (Wildman–Crippen LogP) is 2.82. The number of amidine groups is 1. The number of benzene rings is 1. The number of hydrogen-bond acceptors (Lipinski definition) is 5. The number of hydrogen-bond donors (Lipinski definition) is 4. The largest absolute Gasteiger partial charge is 0.388 e. The van der Waals surface area contributed by atoms with Crippen LogP contribution in [0.4, 0.5) is 0 Å². The fourth-order valence-electron chi connectivity index (χ4n) is 6.38. The fourth-order valence-corrected chi connectivity index (χ4v) is 6.38. The molecule has 1 aromatic rings. The van der Waals surface area contributed by atoms with Crippen molar-refractivity contribution in [2.24, 2.45) is 10.7 Å². The molecule has 186 valence electrons. The summed E-state index contributed by atoms with van der Waals surface area (Å²) in [7, 11) is 0. The number of carbonyl (C=O) groups excluding carboxylic acids is 1. The van der Waals surface area contributed by atoms with Crippen LogP contribution in [0.3, 0.4) is 0 Å². The van der Waals surface area contributed by atoms with Crippen LogP contribution < -0.4 is 16.4 Å². The number of nitrogens with one attached hydrogen (secondary N) is 2. The van der Waals surface area contributed by atoms with Crippen molar-refractivity contribution < 1.29 is 9.90 Å². The minimum Gasteiger partial charge on any atom is -0.388 e. The van der Waals surface area contributed by atoms with E-state index in [-0.39, 0.29) is 23.4 Å². The molecule has 0 radical (unpaired) electrons. The molecule has 34 heavy (non-hydrogen) atoms. The number of aliphatic hydroxyl groups is 1. The monoisotopic (exact) mass is 467 g/mol. The van der Waals surface area contributed by atoms with Crippen LogP contribution in [0.15, 0.2) is 35.6 Å². The van der Waals surface area contributed by atoms with Crippen molar-refractivity contribution >= 4 is 11.7 Å². The van der Waals surface area contributed by atoms with E-state index in [1.54, 1.807) is 0 Å². The lowest BCUT2D eigenvalue weighted by Crippen LogP contribution is -2.67. The molecular weight excluding hydrogens is 426 g/mol. The highest BCUT2D eigenvalue weighted by Gasteiger charge is 2.59. The summed E-state index contributed by atoms with van der Waals surface area (Å²) in [4.78, 5) is 20.4. The molecule has 0 bridgehead atoms. The van der Waals surface area contributed by atoms with Crippen LogP contribution in [0.2, 0.25) is 0 Å². The fraction of sp³-hybridized carbons (Fsp3) is 0.630. The standard InChI is InChI=1S/C27H41N5O2/c1-7-10-22(28)31-23-16(2)29-17(3)32-15-21(24(33)27(23,32)6)30-25(34)19-11-8-13-20-18(19)12-9-14-26(20,4)5/h8,11,13,16,21,23-24,29,33H,3,7,9-10,12,14-15H2,1-2,4-6H3,(H2,28,31)(H,30,34)/t16?,21-,23+,24?,27+/m1/s1. The van der Waals surface area contributed by atoms with Crippen molar-refractivity contribution in [3.05, 3.63) is 47.3 Å². The zero-order valence-corrected chi connectivity index (χ0v) is 21.3. The summed E-state index contributed by atoms with van der Waals surface area (Å²) in [6.45, 7) is 15.3. The Balaban J connectivity index is 1.62. The van der Waals surface area contributed by atoms with Gasteiger partial charge in [0.05, 0.1) is 29.3 Å². The first-order valence-corrected chi connectivity index (χ1v) is 12.7. The summed E-state index contributed by atoms with van der Waals surface area (Å²) in [5.74, 6) is 1.21. The minimum atomic E-state index is -0.822. The molecule has 0 saturated carbocycles. The Bertz CT molecular complexity index is 1000. The van der Waals surface area contributed by atoms with Gasteiger partial charge in [0.25, 0.3) is 5.91 Å². The number of carbonyl (C=O) groups is 1. The third-order valence-electron chi connectivity index (χ3n) is 8.24. The Labute approximate surface area is 203 Å². The van der Waals surface area contributed by atoms with Gasteiger partial charge >= 0.3 is 0 Å². The Morgan fingerprint density at radius 1 is 1.38 bits per heavy atom. The summed E-state index contributed by atoms with van der Waals surface area (Å²) < 4.78 is 0. The van der Waals surface area contributed by atoms with E-state index in [0.29, 0.717) is 18.8 Å². The van der Waals surface area contributed by atoms with Gasteiger partial charge in [0.1, 0.15) is 6.10 Å². The van der Waals surface area contributed by atoms with Crippen molar-refractivity contribution in [2.45, 2.75) is 102 Å². The topological polar surface area (TPSA) is 103 Å². The summed E-state index contributed by atoms with van der Waals surface area (Å²) in [5, 5.41) is 18.1. The van der Waals surface area contributed by atoms with Crippen molar-refractivity contribution in [1.29, 1.82) is 0 Å². The van der Waals surface area contributed by atoms with E-state index in [0.717, 1.165) is 42.6 Å². The van der Waals surface area contributed by atoms with Crippen molar-refractivity contribution in [3.8, 4) is 0 Å². The van der Waals surface area contributed by atoms with Crippen molar-refractivity contribution in [3.63, 3.8) is 0 Å². The van der Waals surface area contributed by atoms with E-state index in [1.165, 1.54) is 5.56 Å². The lowest BCUT2D eigenvalue weighted by molar-refractivity contribution is 0.00303. The van der Waals surface area contributed by atoms with Gasteiger partial charge in [-0.2, -0.15) is 0 Å². The molecule has 1 aromatic carbocycles. The molecule has 3 aliphatic rings. The molecule has 0 aromatic heterocycles. The van der Waals surface area contributed by atoms with Gasteiger partial charge < -0.3 is 26.4 Å². The summed E-state index contributed by atoms with van der Waals surface area (Å²) in [6.07, 6.45) is 3.91. The Hall–Kier alpha value is -2.54. The van der Waals surface area contributed by atoms with Crippen LogP contribution in [0.1, 0.15) is 81.8 Å². The number of nitrogens with two attached hydrogens (primary N) is 1. The highest BCUT2D eigenvalue weighted by atomic mass is 16.3. The normalized spacial score (nSPS) is 32.6. The lowest BCUT2D eigenvalue weighted by Gasteiger charge is -2.51. The molecule has 5 N–H and O–H groups in total. The Morgan fingerprint density at radius 2 is 2.12 bits per heavy atom. The summed E-state index contributed by atoms with van der Waals surface area (Å²) >= 11 is 0. The third-order valence-corrected chi connectivity index (χ3v) is 8.24. The molecule has 4 rings (SSSR count). The van der Waals surface area contributed by atoms with Crippen LogP contribution in [0, 0.1) is 0 Å². The number of aliphatic hydroxyl groups excluding tert-OH is 1. The molecule has 7 nitrogen and oxygen atoms in total. The maximum atomic E-state index is 13.5. The second-order valence-corrected chi connectivity index (χ2v) is 11.1. The molecule has 7 heteroatoms. The molecule has 1 amide bonds. The van der Waals surface area contributed by atoms with E-state index >= 15 is 0 Å². The van der Waals surface area contributed by atoms with Gasteiger partial charge in [0.15, 0.2) is 0 Å². The molecule has 2 heterocycles. The van der Waals surface area contributed by atoms with E-state index in [9.17, 15) is 9.90 Å². The molecule has 1 aliphatic carbocycles. The molecule has 2 unspecified atom stereocenters. The maximum Gasteiger partial charge on any atom is 0.251 e. The molecular formula is C27H41N5O2. The first-order chi connectivity index (χ1) is 16.0.